The summed E-state index contributed by atoms with van der Waals surface area (Å²) in [5, 5.41) is 17.6. The Morgan fingerprint density at radius 3 is 2.73 bits per heavy atom. The van der Waals surface area contributed by atoms with Gasteiger partial charge in [-0.1, -0.05) is 5.16 Å². The molecule has 0 radical (unpaired) electrons. The van der Waals surface area contributed by atoms with Crippen LogP contribution in [0, 0.1) is 5.82 Å². The maximum absolute atomic E-state index is 14.9. The number of aliphatic imine (C=N–C) groups is 1. The molecule has 1 aromatic rings. The first-order valence-electron chi connectivity index (χ1n) is 10.4. The first-order chi connectivity index (χ1) is 15.8. The Bertz CT molecular complexity index is 975. The van der Waals surface area contributed by atoms with Gasteiger partial charge in [0.25, 0.3) is 0 Å². The highest BCUT2D eigenvalue weighted by molar-refractivity contribution is 6.61. The van der Waals surface area contributed by atoms with E-state index in [1.54, 1.807) is 12.1 Å². The minimum Gasteiger partial charge on any atom is -0.442 e. The van der Waals surface area contributed by atoms with Crippen LogP contribution in [0.15, 0.2) is 33.4 Å². The number of hydrazone groups is 1. The summed E-state index contributed by atoms with van der Waals surface area (Å²) >= 11 is 0. The number of ether oxygens (including phenoxy) is 1. The van der Waals surface area contributed by atoms with Crippen molar-refractivity contribution in [1.29, 1.82) is 0 Å². The fourth-order valence-corrected chi connectivity index (χ4v) is 3.67. The topological polar surface area (TPSA) is 171 Å². The van der Waals surface area contributed by atoms with Crippen LogP contribution in [0.4, 0.5) is 20.6 Å². The molecule has 2 saturated heterocycles. The lowest BCUT2D eigenvalue weighted by molar-refractivity contribution is -0.119. The summed E-state index contributed by atoms with van der Waals surface area (Å²) in [5.74, 6) is 4.31. The lowest BCUT2D eigenvalue weighted by Gasteiger charge is -2.32. The van der Waals surface area contributed by atoms with Crippen LogP contribution in [0.1, 0.15) is 19.8 Å². The molecule has 13 heteroatoms. The number of nitrogens with one attached hydrogen (secondary N) is 1. The lowest BCUT2D eigenvalue weighted by Crippen LogP contribution is -2.36. The summed E-state index contributed by atoms with van der Waals surface area (Å²) < 4.78 is 20.1. The Hall–Kier alpha value is -3.90. The van der Waals surface area contributed by atoms with E-state index in [9.17, 15) is 14.0 Å². The number of cyclic esters (lactones) is 1. The zero-order valence-electron chi connectivity index (χ0n) is 18.1. The van der Waals surface area contributed by atoms with Gasteiger partial charge in [0, 0.05) is 20.0 Å². The van der Waals surface area contributed by atoms with Crippen molar-refractivity contribution < 1.29 is 23.9 Å². The van der Waals surface area contributed by atoms with E-state index in [0.717, 1.165) is 0 Å². The number of anilines is 2. The predicted molar refractivity (Wildman–Crippen MR) is 121 cm³/mol. The van der Waals surface area contributed by atoms with Crippen LogP contribution in [0.2, 0.25) is 0 Å². The molecule has 0 aliphatic carbocycles. The van der Waals surface area contributed by atoms with E-state index < -0.39 is 18.0 Å². The lowest BCUT2D eigenvalue weighted by atomic mass is 10.0. The monoisotopic (exact) mass is 462 g/mol. The van der Waals surface area contributed by atoms with Crippen LogP contribution in [0.25, 0.3) is 0 Å². The van der Waals surface area contributed by atoms with Gasteiger partial charge in [0.2, 0.25) is 5.91 Å². The molecule has 2 amide bonds. The summed E-state index contributed by atoms with van der Waals surface area (Å²) in [4.78, 5) is 30.8. The van der Waals surface area contributed by atoms with Gasteiger partial charge in [-0.25, -0.2) is 9.18 Å². The van der Waals surface area contributed by atoms with E-state index >= 15 is 0 Å². The van der Waals surface area contributed by atoms with Crippen molar-refractivity contribution in [1.82, 2.24) is 5.32 Å². The van der Waals surface area contributed by atoms with Gasteiger partial charge < -0.3 is 31.7 Å². The Kier molecular flexibility index (Phi) is 7.64. The molecule has 2 aliphatic heterocycles. The average Bonchev–Trinajstić information content (AvgIpc) is 3.18. The quantitative estimate of drug-likeness (QED) is 0.149. The molecule has 2 heterocycles. The molecule has 2 fully saturated rings. The van der Waals surface area contributed by atoms with Crippen molar-refractivity contribution in [2.75, 3.05) is 36.0 Å². The highest BCUT2D eigenvalue weighted by Gasteiger charge is 2.33. The first kappa shape index (κ1) is 23.8. The van der Waals surface area contributed by atoms with Gasteiger partial charge in [-0.2, -0.15) is 5.10 Å². The van der Waals surface area contributed by atoms with Crippen LogP contribution >= 0.6 is 0 Å². The number of hydrogen-bond acceptors (Lipinski definition) is 9. The smallest absolute Gasteiger partial charge is 0.414 e. The molecular weight excluding hydrogens is 435 g/mol. The third-order valence-corrected chi connectivity index (χ3v) is 5.42. The Morgan fingerprint density at radius 2 is 2.12 bits per heavy atom. The summed E-state index contributed by atoms with van der Waals surface area (Å²) in [6, 6.07) is 4.58. The molecular formula is C20H27FN8O4. The number of carbonyl (C=O) groups excluding carboxylic acids is 2. The number of amidine groups is 1. The number of piperidine rings is 1. The van der Waals surface area contributed by atoms with Crippen molar-refractivity contribution >= 4 is 41.1 Å². The second-order valence-corrected chi connectivity index (χ2v) is 7.69. The highest BCUT2D eigenvalue weighted by atomic mass is 19.1. The molecule has 0 saturated carbocycles. The number of carbonyl (C=O) groups is 2. The van der Waals surface area contributed by atoms with Gasteiger partial charge in [0.1, 0.15) is 17.6 Å². The SMILES string of the molecule is CC(=O)NC[C@H]1CN(c2ccc(N3CCC(N=CC(=NN)/C(N)=N/O)CC3)c(F)c2)C(=O)O1. The molecule has 6 N–H and O–H groups in total. The van der Waals surface area contributed by atoms with Crippen LogP contribution in [0.5, 0.6) is 0 Å². The molecule has 33 heavy (non-hydrogen) atoms. The molecule has 178 valence electrons. The van der Waals surface area contributed by atoms with E-state index in [4.69, 9.17) is 21.5 Å². The van der Waals surface area contributed by atoms with Gasteiger partial charge in [-0.05, 0) is 31.0 Å². The van der Waals surface area contributed by atoms with Crippen molar-refractivity contribution in [2.45, 2.75) is 31.9 Å². The molecule has 12 nitrogen and oxygen atoms in total. The molecule has 0 spiro atoms. The van der Waals surface area contributed by atoms with Crippen LogP contribution < -0.4 is 26.7 Å². The fourth-order valence-electron chi connectivity index (χ4n) is 3.67. The summed E-state index contributed by atoms with van der Waals surface area (Å²) in [7, 11) is 0. The molecule has 3 rings (SSSR count). The van der Waals surface area contributed by atoms with Crippen LogP contribution in [0.3, 0.4) is 0 Å². The van der Waals surface area contributed by atoms with E-state index in [-0.39, 0.29) is 36.6 Å². The zero-order valence-corrected chi connectivity index (χ0v) is 18.1. The van der Waals surface area contributed by atoms with E-state index in [0.29, 0.717) is 37.3 Å². The standard InChI is InChI=1S/C20H27FN8O4/c1-12(30)24-9-15-11-29(20(31)33-15)14-2-3-18(16(21)8-14)28-6-4-13(5-7-28)25-10-17(26-23)19(22)27-32/h2-3,8,10,13,15,32H,4-7,9,11,23H2,1H3,(H2,22,27)(H,24,30)/t15-/m0/s1. The third-order valence-electron chi connectivity index (χ3n) is 5.42. The Balaban J connectivity index is 1.59. The average molecular weight is 462 g/mol. The second kappa shape index (κ2) is 10.6. The predicted octanol–water partition coefficient (Wildman–Crippen LogP) is 0.388. The zero-order chi connectivity index (χ0) is 24.0. The highest BCUT2D eigenvalue weighted by Crippen LogP contribution is 2.29. The number of oxime groups is 1. The van der Waals surface area contributed by atoms with Gasteiger partial charge in [0.15, 0.2) is 5.84 Å². The number of amides is 2. The maximum Gasteiger partial charge on any atom is 0.414 e. The molecule has 0 bridgehead atoms. The van der Waals surface area contributed by atoms with Gasteiger partial charge >= 0.3 is 6.09 Å². The fraction of sp³-hybridized carbons (Fsp3) is 0.450. The van der Waals surface area contributed by atoms with E-state index in [1.165, 1.54) is 24.1 Å². The molecule has 1 aromatic carbocycles. The first-order valence-corrected chi connectivity index (χ1v) is 10.4. The van der Waals surface area contributed by atoms with E-state index in [1.807, 2.05) is 4.90 Å². The normalized spacial score (nSPS) is 20.4. The molecule has 0 unspecified atom stereocenters. The molecule has 0 aromatic heterocycles. The summed E-state index contributed by atoms with van der Waals surface area (Å²) in [6.45, 7) is 2.95. The van der Waals surface area contributed by atoms with Crippen LogP contribution in [-0.4, -0.2) is 73.3 Å². The number of hydrogen-bond donors (Lipinski definition) is 4. The van der Waals surface area contributed by atoms with Gasteiger partial charge in [0.05, 0.1) is 36.7 Å². The second-order valence-electron chi connectivity index (χ2n) is 7.69. The van der Waals surface area contributed by atoms with Gasteiger partial charge in [-0.15, -0.1) is 0 Å². The van der Waals surface area contributed by atoms with Crippen molar-refractivity contribution in [3.8, 4) is 0 Å². The van der Waals surface area contributed by atoms with E-state index in [2.05, 4.69) is 20.6 Å². The molecule has 1 atom stereocenters. The van der Waals surface area contributed by atoms with Crippen molar-refractivity contribution in [3.05, 3.63) is 24.0 Å². The largest absolute Gasteiger partial charge is 0.442 e. The van der Waals surface area contributed by atoms with Crippen LogP contribution in [-0.2, 0) is 9.53 Å². The number of nitrogens with zero attached hydrogens (tertiary/aromatic N) is 5. The number of benzene rings is 1. The van der Waals surface area contributed by atoms with Crippen molar-refractivity contribution in [2.24, 2.45) is 26.8 Å². The summed E-state index contributed by atoms with van der Waals surface area (Å²) in [6.07, 6.45) is 1.61. The number of nitrogens with two attached hydrogens (primary N) is 2. The minimum absolute atomic E-state index is 0.0354. The summed E-state index contributed by atoms with van der Waals surface area (Å²) in [5.41, 5.74) is 6.35. The Labute approximate surface area is 189 Å². The number of halogens is 1. The maximum atomic E-state index is 14.9. The number of rotatable bonds is 7. The van der Waals surface area contributed by atoms with Crippen molar-refractivity contribution in [3.63, 3.8) is 0 Å². The Morgan fingerprint density at radius 1 is 1.39 bits per heavy atom. The third kappa shape index (κ3) is 5.87. The van der Waals surface area contributed by atoms with Gasteiger partial charge in [-0.3, -0.25) is 14.7 Å². The minimum atomic E-state index is -0.580. The molecule has 2 aliphatic rings.